The lowest BCUT2D eigenvalue weighted by Gasteiger charge is -2.02. The van der Waals surface area contributed by atoms with Gasteiger partial charge in [-0.2, -0.15) is 5.26 Å². The summed E-state index contributed by atoms with van der Waals surface area (Å²) in [6, 6.07) is 1.99. The zero-order chi connectivity index (χ0) is 7.78. The van der Waals surface area contributed by atoms with Gasteiger partial charge in [-0.3, -0.25) is 0 Å². The van der Waals surface area contributed by atoms with E-state index in [1.54, 1.807) is 6.92 Å². The van der Waals surface area contributed by atoms with E-state index in [0.29, 0.717) is 6.42 Å². The molecule has 1 saturated heterocycles. The molecule has 0 aromatic heterocycles. The van der Waals surface area contributed by atoms with E-state index in [4.69, 9.17) is 5.26 Å². The first-order chi connectivity index (χ1) is 4.58. The summed E-state index contributed by atoms with van der Waals surface area (Å²) in [4.78, 5) is 0. The Morgan fingerprint density at radius 2 is 2.20 bits per heavy atom. The van der Waals surface area contributed by atoms with Crippen LogP contribution in [-0.4, -0.2) is 19.4 Å². The predicted molar refractivity (Wildman–Crippen MR) is 37.0 cm³/mol. The second-order valence-corrected chi connectivity index (χ2v) is 5.07. The van der Waals surface area contributed by atoms with Gasteiger partial charge in [0.2, 0.25) is 0 Å². The van der Waals surface area contributed by atoms with Gasteiger partial charge >= 0.3 is 0 Å². The van der Waals surface area contributed by atoms with Crippen LogP contribution in [0, 0.1) is 17.2 Å². The zero-order valence-electron chi connectivity index (χ0n) is 5.74. The van der Waals surface area contributed by atoms with Crippen LogP contribution in [0.15, 0.2) is 0 Å². The first-order valence-corrected chi connectivity index (χ1v) is 4.90. The molecule has 1 rings (SSSR count). The minimum atomic E-state index is -2.91. The number of nitriles is 1. The van der Waals surface area contributed by atoms with Crippen LogP contribution >= 0.6 is 0 Å². The molecule has 2 unspecified atom stereocenters. The predicted octanol–water partition coefficient (Wildman–Crippen LogP) is 0.333. The lowest BCUT2D eigenvalue weighted by molar-refractivity contribution is 0.584. The molecule has 1 aliphatic rings. The van der Waals surface area contributed by atoms with Gasteiger partial charge in [0.05, 0.1) is 23.0 Å². The highest BCUT2D eigenvalue weighted by molar-refractivity contribution is 7.92. The van der Waals surface area contributed by atoms with Gasteiger partial charge in [-0.25, -0.2) is 8.42 Å². The summed E-state index contributed by atoms with van der Waals surface area (Å²) >= 11 is 0. The Kier molecular flexibility index (Phi) is 1.69. The topological polar surface area (TPSA) is 57.9 Å². The summed E-state index contributed by atoms with van der Waals surface area (Å²) in [5.41, 5.74) is 0. The maximum absolute atomic E-state index is 11.0. The summed E-state index contributed by atoms with van der Waals surface area (Å²) in [6.45, 7) is 1.61. The van der Waals surface area contributed by atoms with Gasteiger partial charge in [-0.15, -0.1) is 0 Å². The second-order valence-electron chi connectivity index (χ2n) is 2.60. The van der Waals surface area contributed by atoms with Crippen molar-refractivity contribution in [3.63, 3.8) is 0 Å². The molecule has 0 saturated carbocycles. The monoisotopic (exact) mass is 159 g/mol. The Hall–Kier alpha value is -0.560. The molecule has 0 N–H and O–H groups in total. The van der Waals surface area contributed by atoms with E-state index in [9.17, 15) is 8.42 Å². The standard InChI is InChI=1S/C6H9NO2S/c1-5-6(4-7)2-3-10(5,8)9/h5-6H,2-3H2,1H3. The average Bonchev–Trinajstić information content (AvgIpc) is 2.10. The summed E-state index contributed by atoms with van der Waals surface area (Å²) in [7, 11) is -2.91. The molecule has 0 aliphatic carbocycles. The molecule has 0 aromatic carbocycles. The van der Waals surface area contributed by atoms with Crippen molar-refractivity contribution in [1.82, 2.24) is 0 Å². The normalized spacial score (nSPS) is 37.2. The van der Waals surface area contributed by atoms with Crippen LogP contribution in [0.3, 0.4) is 0 Å². The summed E-state index contributed by atoms with van der Waals surface area (Å²) in [5.74, 6) is -0.0863. The number of sulfone groups is 1. The minimum absolute atomic E-state index is 0.187. The van der Waals surface area contributed by atoms with Gasteiger partial charge in [-0.05, 0) is 13.3 Å². The lowest BCUT2D eigenvalue weighted by atomic mass is 10.1. The Bertz CT molecular complexity index is 262. The fourth-order valence-corrected chi connectivity index (χ4v) is 2.78. The molecule has 10 heavy (non-hydrogen) atoms. The molecule has 56 valence electrons. The molecule has 0 aromatic rings. The van der Waals surface area contributed by atoms with Crippen LogP contribution in [0.5, 0.6) is 0 Å². The molecule has 0 radical (unpaired) electrons. The Morgan fingerprint density at radius 1 is 1.60 bits per heavy atom. The van der Waals surface area contributed by atoms with Crippen molar-refractivity contribution in [2.45, 2.75) is 18.6 Å². The molecule has 1 heterocycles. The highest BCUT2D eigenvalue weighted by Crippen LogP contribution is 2.25. The van der Waals surface area contributed by atoms with Gasteiger partial charge in [0.15, 0.2) is 9.84 Å². The van der Waals surface area contributed by atoms with Crippen molar-refractivity contribution in [3.8, 4) is 6.07 Å². The third kappa shape index (κ3) is 1.01. The molecule has 2 atom stereocenters. The van der Waals surface area contributed by atoms with Crippen molar-refractivity contribution in [2.75, 3.05) is 5.75 Å². The number of rotatable bonds is 0. The van der Waals surface area contributed by atoms with E-state index in [1.165, 1.54) is 0 Å². The summed E-state index contributed by atoms with van der Waals surface area (Å²) in [6.07, 6.45) is 0.514. The molecule has 0 bridgehead atoms. The minimum Gasteiger partial charge on any atom is -0.229 e. The molecule has 4 heteroatoms. The largest absolute Gasteiger partial charge is 0.229 e. The van der Waals surface area contributed by atoms with Gasteiger partial charge < -0.3 is 0 Å². The quantitative estimate of drug-likeness (QED) is 0.512. The molecule has 0 amide bonds. The van der Waals surface area contributed by atoms with Crippen LogP contribution in [0.25, 0.3) is 0 Å². The van der Waals surface area contributed by atoms with E-state index in [1.807, 2.05) is 6.07 Å². The highest BCUT2D eigenvalue weighted by Gasteiger charge is 2.36. The molecule has 3 nitrogen and oxygen atoms in total. The van der Waals surface area contributed by atoms with Crippen LogP contribution in [0.4, 0.5) is 0 Å². The van der Waals surface area contributed by atoms with Gasteiger partial charge in [-0.1, -0.05) is 0 Å². The van der Waals surface area contributed by atoms with Gasteiger partial charge in [0.1, 0.15) is 0 Å². The van der Waals surface area contributed by atoms with E-state index in [-0.39, 0.29) is 11.7 Å². The van der Waals surface area contributed by atoms with Crippen molar-refractivity contribution >= 4 is 9.84 Å². The van der Waals surface area contributed by atoms with Crippen LogP contribution < -0.4 is 0 Å². The first-order valence-electron chi connectivity index (χ1n) is 3.19. The number of hydrogen-bond donors (Lipinski definition) is 0. The Balaban J connectivity index is 2.90. The SMILES string of the molecule is CC1C(C#N)CCS1(=O)=O. The zero-order valence-corrected chi connectivity index (χ0v) is 6.56. The third-order valence-electron chi connectivity index (χ3n) is 2.01. The van der Waals surface area contributed by atoms with E-state index in [0.717, 1.165) is 0 Å². The molecule has 1 aliphatic heterocycles. The number of hydrogen-bond acceptors (Lipinski definition) is 3. The van der Waals surface area contributed by atoms with Crippen molar-refractivity contribution in [1.29, 1.82) is 5.26 Å². The molecular weight excluding hydrogens is 150 g/mol. The van der Waals surface area contributed by atoms with Gasteiger partial charge in [0.25, 0.3) is 0 Å². The fraction of sp³-hybridized carbons (Fsp3) is 0.833. The maximum Gasteiger partial charge on any atom is 0.154 e. The van der Waals surface area contributed by atoms with Crippen molar-refractivity contribution < 1.29 is 8.42 Å². The average molecular weight is 159 g/mol. The van der Waals surface area contributed by atoms with Crippen LogP contribution in [0.2, 0.25) is 0 Å². The lowest BCUT2D eigenvalue weighted by Crippen LogP contribution is -2.16. The van der Waals surface area contributed by atoms with Crippen LogP contribution in [-0.2, 0) is 9.84 Å². The maximum atomic E-state index is 11.0. The van der Waals surface area contributed by atoms with E-state index < -0.39 is 15.1 Å². The number of nitrogens with zero attached hydrogens (tertiary/aromatic N) is 1. The highest BCUT2D eigenvalue weighted by atomic mass is 32.2. The van der Waals surface area contributed by atoms with Crippen molar-refractivity contribution in [2.24, 2.45) is 5.92 Å². The Morgan fingerprint density at radius 3 is 2.40 bits per heavy atom. The summed E-state index contributed by atoms with van der Waals surface area (Å²) < 4.78 is 22.0. The molecule has 1 fully saturated rings. The molecular formula is C6H9NO2S. The first kappa shape index (κ1) is 7.55. The van der Waals surface area contributed by atoms with Gasteiger partial charge in [0, 0.05) is 0 Å². The Labute approximate surface area is 60.6 Å². The second kappa shape index (κ2) is 2.24. The van der Waals surface area contributed by atoms with Crippen molar-refractivity contribution in [3.05, 3.63) is 0 Å². The summed E-state index contributed by atoms with van der Waals surface area (Å²) in [5, 5.41) is 8.01. The van der Waals surface area contributed by atoms with E-state index in [2.05, 4.69) is 0 Å². The molecule has 0 spiro atoms. The van der Waals surface area contributed by atoms with E-state index >= 15 is 0 Å². The van der Waals surface area contributed by atoms with Crippen LogP contribution in [0.1, 0.15) is 13.3 Å². The smallest absolute Gasteiger partial charge is 0.154 e. The third-order valence-corrected chi connectivity index (χ3v) is 4.28. The fourth-order valence-electron chi connectivity index (χ4n) is 1.13.